The number of aliphatic carboxylic acids is 1. The third-order valence-electron chi connectivity index (χ3n) is 12.4. The van der Waals surface area contributed by atoms with E-state index in [2.05, 4.69) is 89.4 Å². The SMILES string of the molecule is CCCCCCCCN1c2ccccc2Sc2cc(-c3cc4c(s3)c3c5nsnc5c5c6sc(/C=C(/C#N)C(=O)O)cc6n(CCCCCC)c5c3n4CCCCCC)ccc21. The van der Waals surface area contributed by atoms with Crippen molar-refractivity contribution in [3.8, 4) is 16.5 Å². The number of aryl methyl sites for hydroxylation is 2. The Bertz CT molecular complexity index is 2990. The topological polar surface area (TPSA) is 100.0 Å². The monoisotopic (exact) mass is 898 g/mol. The summed E-state index contributed by atoms with van der Waals surface area (Å²) < 4.78 is 17.5. The molecule has 5 aromatic heterocycles. The van der Waals surface area contributed by atoms with Crippen LogP contribution in [0.25, 0.3) is 69.8 Å². The first-order valence-corrected chi connectivity index (χ1v) is 25.8. The molecule has 1 aliphatic rings. The van der Waals surface area contributed by atoms with Crippen molar-refractivity contribution >= 4 is 123 Å². The number of carbonyl (C=O) groups is 1. The lowest BCUT2D eigenvalue weighted by Gasteiger charge is -2.33. The molecule has 12 heteroatoms. The zero-order chi connectivity index (χ0) is 42.7. The number of nitriles is 1. The van der Waals surface area contributed by atoms with Gasteiger partial charge in [-0.25, -0.2) is 4.79 Å². The normalized spacial score (nSPS) is 13.0. The van der Waals surface area contributed by atoms with E-state index in [0.29, 0.717) is 0 Å². The third kappa shape index (κ3) is 7.95. The first-order valence-electron chi connectivity index (χ1n) is 22.6. The number of carboxylic acids is 1. The number of hydrogen-bond donors (Lipinski definition) is 1. The highest BCUT2D eigenvalue weighted by Gasteiger charge is 2.29. The molecule has 9 rings (SSSR count). The van der Waals surface area contributed by atoms with Crippen molar-refractivity contribution in [1.29, 1.82) is 5.26 Å². The van der Waals surface area contributed by atoms with Gasteiger partial charge in [0.1, 0.15) is 22.7 Å². The number of aromatic nitrogens is 4. The van der Waals surface area contributed by atoms with Crippen molar-refractivity contribution in [2.24, 2.45) is 0 Å². The Morgan fingerprint density at radius 2 is 1.27 bits per heavy atom. The standard InChI is InChI=1S/C50H54N6O2S4/c1-4-7-10-13-14-19-24-54-35-20-15-16-21-39(35)60-41-28-32(22-23-36(41)54)40-30-38-49(61-40)43-45-44(52-62-53-45)42-46(47(43)56(38)26-18-12-9-6-3)55(25-17-11-8-5-2)37-29-34(59-48(37)42)27-33(31-51)50(57)58/h15-16,20-23,27-30H,4-14,17-19,24-26H2,1-3H3,(H,57,58)/b33-27-. The first-order chi connectivity index (χ1) is 30.4. The quantitative estimate of drug-likeness (QED) is 0.0462. The Morgan fingerprint density at radius 1 is 0.694 bits per heavy atom. The zero-order valence-electron chi connectivity index (χ0n) is 36.0. The smallest absolute Gasteiger partial charge is 0.346 e. The van der Waals surface area contributed by atoms with E-state index in [1.807, 2.05) is 29.2 Å². The first kappa shape index (κ1) is 42.6. The minimum atomic E-state index is -1.21. The van der Waals surface area contributed by atoms with Crippen LogP contribution < -0.4 is 4.90 Å². The average molecular weight is 899 g/mol. The van der Waals surface area contributed by atoms with Gasteiger partial charge < -0.3 is 19.1 Å². The van der Waals surface area contributed by atoms with Gasteiger partial charge in [-0.2, -0.15) is 14.0 Å². The van der Waals surface area contributed by atoms with E-state index in [1.54, 1.807) is 11.3 Å². The largest absolute Gasteiger partial charge is 0.477 e. The van der Waals surface area contributed by atoms with Crippen LogP contribution in [0, 0.1) is 11.3 Å². The van der Waals surface area contributed by atoms with E-state index in [-0.39, 0.29) is 5.57 Å². The van der Waals surface area contributed by atoms with Crippen LogP contribution in [0.15, 0.2) is 70.0 Å². The Labute approximate surface area is 380 Å². The summed E-state index contributed by atoms with van der Waals surface area (Å²) in [5.41, 5.74) is 10.2. The molecule has 0 radical (unpaired) electrons. The minimum absolute atomic E-state index is 0.264. The average Bonchev–Trinajstić information content (AvgIpc) is 4.11. The molecule has 8 aromatic rings. The van der Waals surface area contributed by atoms with Gasteiger partial charge in [0.05, 0.1) is 54.6 Å². The molecule has 3 aromatic carbocycles. The second-order valence-electron chi connectivity index (χ2n) is 16.7. The Balaban J connectivity index is 1.20. The van der Waals surface area contributed by atoms with Gasteiger partial charge in [-0.15, -0.1) is 22.7 Å². The van der Waals surface area contributed by atoms with Crippen molar-refractivity contribution in [3.63, 3.8) is 0 Å². The molecule has 0 bridgehead atoms. The van der Waals surface area contributed by atoms with E-state index in [4.69, 9.17) is 8.75 Å². The van der Waals surface area contributed by atoms with E-state index in [9.17, 15) is 15.2 Å². The molecular formula is C50H54N6O2S4. The van der Waals surface area contributed by atoms with Gasteiger partial charge in [-0.05, 0) is 67.3 Å². The number of para-hydroxylation sites is 1. The maximum absolute atomic E-state index is 11.9. The van der Waals surface area contributed by atoms with Gasteiger partial charge in [-0.1, -0.05) is 121 Å². The number of hydrogen-bond acceptors (Lipinski definition) is 9. The second kappa shape index (κ2) is 19.0. The molecule has 0 unspecified atom stereocenters. The third-order valence-corrected chi connectivity index (χ3v) is 16.4. The summed E-state index contributed by atoms with van der Waals surface area (Å²) >= 11 is 6.58. The molecule has 1 N–H and O–H groups in total. The summed E-state index contributed by atoms with van der Waals surface area (Å²) in [4.78, 5) is 19.1. The summed E-state index contributed by atoms with van der Waals surface area (Å²) in [5, 5.41) is 21.6. The zero-order valence-corrected chi connectivity index (χ0v) is 39.2. The maximum atomic E-state index is 11.9. The molecule has 0 amide bonds. The molecule has 0 fully saturated rings. The highest BCUT2D eigenvalue weighted by atomic mass is 32.2. The van der Waals surface area contributed by atoms with Gasteiger partial charge >= 0.3 is 5.97 Å². The number of thiophene rings is 2. The van der Waals surface area contributed by atoms with E-state index >= 15 is 0 Å². The fourth-order valence-corrected chi connectivity index (χ4v) is 13.4. The lowest BCUT2D eigenvalue weighted by atomic mass is 10.1. The maximum Gasteiger partial charge on any atom is 0.346 e. The van der Waals surface area contributed by atoms with E-state index in [0.717, 1.165) is 76.8 Å². The van der Waals surface area contributed by atoms with Crippen LogP contribution in [0.5, 0.6) is 0 Å². The minimum Gasteiger partial charge on any atom is -0.477 e. The fraction of sp³-hybridized carbons (Fsp3) is 0.400. The molecule has 0 saturated carbocycles. The number of anilines is 2. The van der Waals surface area contributed by atoms with Gasteiger partial charge in [0, 0.05) is 50.0 Å². The molecule has 0 spiro atoms. The fourth-order valence-electron chi connectivity index (χ4n) is 9.35. The highest BCUT2D eigenvalue weighted by Crippen LogP contribution is 2.52. The predicted molar refractivity (Wildman–Crippen MR) is 265 cm³/mol. The summed E-state index contributed by atoms with van der Waals surface area (Å²) in [7, 11) is 0. The van der Waals surface area contributed by atoms with Crippen LogP contribution in [0.1, 0.15) is 116 Å². The summed E-state index contributed by atoms with van der Waals surface area (Å²) in [6.45, 7) is 9.57. The molecule has 0 aliphatic carbocycles. The molecule has 8 nitrogen and oxygen atoms in total. The number of nitrogens with zero attached hydrogens (tertiary/aromatic N) is 6. The lowest BCUT2D eigenvalue weighted by Crippen LogP contribution is -2.21. The van der Waals surface area contributed by atoms with Crippen LogP contribution >= 0.6 is 46.2 Å². The van der Waals surface area contributed by atoms with Crippen LogP contribution in [0.4, 0.5) is 11.4 Å². The summed E-state index contributed by atoms with van der Waals surface area (Å²) in [5.74, 6) is -1.21. The predicted octanol–water partition coefficient (Wildman–Crippen LogP) is 15.8. The van der Waals surface area contributed by atoms with Crippen molar-refractivity contribution < 1.29 is 9.90 Å². The number of unbranched alkanes of at least 4 members (excludes halogenated alkanes) is 11. The molecule has 0 atom stereocenters. The van der Waals surface area contributed by atoms with Crippen molar-refractivity contribution in [2.75, 3.05) is 11.4 Å². The molecule has 1 aliphatic heterocycles. The van der Waals surface area contributed by atoms with Crippen LogP contribution in [0.2, 0.25) is 0 Å². The van der Waals surface area contributed by atoms with Gasteiger partial charge in [0.15, 0.2) is 0 Å². The van der Waals surface area contributed by atoms with Crippen molar-refractivity contribution in [2.45, 2.75) is 134 Å². The second-order valence-corrected chi connectivity index (χ2v) is 20.4. The molecule has 320 valence electrons. The molecule has 0 saturated heterocycles. The van der Waals surface area contributed by atoms with Crippen molar-refractivity contribution in [1.82, 2.24) is 17.9 Å². The number of benzene rings is 3. The Kier molecular flexibility index (Phi) is 13.0. The van der Waals surface area contributed by atoms with Gasteiger partial charge in [0.25, 0.3) is 0 Å². The van der Waals surface area contributed by atoms with Crippen LogP contribution in [0.3, 0.4) is 0 Å². The van der Waals surface area contributed by atoms with Gasteiger partial charge in [-0.3, -0.25) is 0 Å². The summed E-state index contributed by atoms with van der Waals surface area (Å²) in [6, 6.07) is 22.4. The number of fused-ring (bicyclic) bond motifs is 12. The lowest BCUT2D eigenvalue weighted by molar-refractivity contribution is -0.132. The van der Waals surface area contributed by atoms with E-state index in [1.165, 1.54) is 140 Å². The van der Waals surface area contributed by atoms with Crippen molar-refractivity contribution in [3.05, 3.63) is 65.0 Å². The van der Waals surface area contributed by atoms with E-state index < -0.39 is 5.97 Å². The van der Waals surface area contributed by atoms with Crippen LogP contribution in [-0.2, 0) is 17.9 Å². The highest BCUT2D eigenvalue weighted by molar-refractivity contribution is 7.99. The molecule has 6 heterocycles. The Morgan fingerprint density at radius 3 is 1.94 bits per heavy atom. The van der Waals surface area contributed by atoms with Gasteiger partial charge in [0.2, 0.25) is 0 Å². The van der Waals surface area contributed by atoms with Crippen LogP contribution in [-0.4, -0.2) is 35.5 Å². The Hall–Kier alpha value is -4.67. The molecule has 62 heavy (non-hydrogen) atoms. The molecular weight excluding hydrogens is 845 g/mol. The number of carboxylic acid groups (broad SMARTS) is 1. The summed E-state index contributed by atoms with van der Waals surface area (Å²) in [6.07, 6.45) is 18.3. The number of rotatable bonds is 20.